The van der Waals surface area contributed by atoms with Crippen LogP contribution in [0.3, 0.4) is 0 Å². The lowest BCUT2D eigenvalue weighted by Crippen LogP contribution is -2.29. The average molecular weight is 425 g/mol. The Labute approximate surface area is 185 Å². The minimum absolute atomic E-state index is 0.168. The highest BCUT2D eigenvalue weighted by molar-refractivity contribution is 5.31. The number of aromatic nitrogens is 2. The van der Waals surface area contributed by atoms with Gasteiger partial charge in [0.15, 0.2) is 0 Å². The first-order chi connectivity index (χ1) is 15.0. The Morgan fingerprint density at radius 2 is 2.06 bits per heavy atom. The van der Waals surface area contributed by atoms with Crippen LogP contribution in [-0.4, -0.2) is 41.1 Å². The largest absolute Gasteiger partial charge is 0.494 e. The standard InChI is InChI=1S/C25H36N4O2/c1-19(2)11-12-23-20(3)27-25(28-24(23)30)26-13-8-16-31-22-10-7-9-21(17-22)18-29-14-5-4-6-15-29/h7,9-11,17H,4-6,8,12-16,18H2,1-3H3,(H2,26,27,28,30). The molecular formula is C25H36N4O2. The molecule has 6 heteroatoms. The Balaban J connectivity index is 1.42. The van der Waals surface area contributed by atoms with E-state index < -0.39 is 0 Å². The molecule has 0 unspecified atom stereocenters. The van der Waals surface area contributed by atoms with E-state index in [1.807, 2.05) is 32.9 Å². The number of rotatable bonds is 10. The maximum absolute atomic E-state index is 12.3. The van der Waals surface area contributed by atoms with Gasteiger partial charge in [-0.05, 0) is 77.2 Å². The van der Waals surface area contributed by atoms with E-state index in [1.54, 1.807) is 0 Å². The summed E-state index contributed by atoms with van der Waals surface area (Å²) in [6.07, 6.45) is 7.45. The SMILES string of the molecule is CC(C)=CCc1c(C)[nH]c(NCCCOc2cccc(CN3CCCCC3)c2)nc1=O. The highest BCUT2D eigenvalue weighted by Gasteiger charge is 2.11. The van der Waals surface area contributed by atoms with Gasteiger partial charge in [0.2, 0.25) is 5.95 Å². The third-order valence-electron chi connectivity index (χ3n) is 5.58. The second-order valence-electron chi connectivity index (χ2n) is 8.59. The number of nitrogens with one attached hydrogen (secondary N) is 2. The van der Waals surface area contributed by atoms with Gasteiger partial charge in [0, 0.05) is 24.3 Å². The zero-order valence-electron chi connectivity index (χ0n) is 19.2. The van der Waals surface area contributed by atoms with Crippen LogP contribution in [0.4, 0.5) is 5.95 Å². The predicted octanol–water partition coefficient (Wildman–Crippen LogP) is 4.45. The topological polar surface area (TPSA) is 70.2 Å². The molecule has 3 rings (SSSR count). The molecule has 0 aliphatic carbocycles. The number of allylic oxidation sites excluding steroid dienone is 2. The number of anilines is 1. The van der Waals surface area contributed by atoms with Crippen LogP contribution in [0.5, 0.6) is 5.75 Å². The average Bonchev–Trinajstić information content (AvgIpc) is 2.74. The molecule has 0 saturated carbocycles. The summed E-state index contributed by atoms with van der Waals surface area (Å²) in [4.78, 5) is 22.2. The van der Waals surface area contributed by atoms with Crippen molar-refractivity contribution in [2.45, 2.75) is 59.4 Å². The van der Waals surface area contributed by atoms with Gasteiger partial charge in [-0.3, -0.25) is 9.69 Å². The van der Waals surface area contributed by atoms with Crippen molar-refractivity contribution in [2.75, 3.05) is 31.6 Å². The molecule has 2 heterocycles. The second kappa shape index (κ2) is 11.7. The molecule has 1 aromatic heterocycles. The molecule has 0 amide bonds. The fourth-order valence-corrected chi connectivity index (χ4v) is 3.82. The normalized spacial score (nSPS) is 14.3. The molecule has 0 atom stereocenters. The van der Waals surface area contributed by atoms with Crippen LogP contribution in [0.2, 0.25) is 0 Å². The zero-order chi connectivity index (χ0) is 22.1. The van der Waals surface area contributed by atoms with Crippen LogP contribution in [-0.2, 0) is 13.0 Å². The van der Waals surface area contributed by atoms with Gasteiger partial charge in [-0.25, -0.2) is 0 Å². The van der Waals surface area contributed by atoms with E-state index >= 15 is 0 Å². The van der Waals surface area contributed by atoms with Crippen molar-refractivity contribution in [1.29, 1.82) is 0 Å². The number of piperidine rings is 1. The Kier molecular flexibility index (Phi) is 8.71. The first-order valence-corrected chi connectivity index (χ1v) is 11.4. The highest BCUT2D eigenvalue weighted by Crippen LogP contribution is 2.17. The van der Waals surface area contributed by atoms with Gasteiger partial charge in [-0.2, -0.15) is 4.98 Å². The zero-order valence-corrected chi connectivity index (χ0v) is 19.2. The molecular weight excluding hydrogens is 388 g/mol. The lowest BCUT2D eigenvalue weighted by molar-refractivity contribution is 0.220. The van der Waals surface area contributed by atoms with Crippen molar-refractivity contribution in [3.8, 4) is 5.75 Å². The predicted molar refractivity (Wildman–Crippen MR) is 127 cm³/mol. The smallest absolute Gasteiger partial charge is 0.278 e. The lowest BCUT2D eigenvalue weighted by atomic mass is 10.1. The summed E-state index contributed by atoms with van der Waals surface area (Å²) in [6, 6.07) is 8.41. The molecule has 0 bridgehead atoms. The van der Waals surface area contributed by atoms with Crippen LogP contribution in [0.15, 0.2) is 40.7 Å². The number of hydrogen-bond acceptors (Lipinski definition) is 5. The van der Waals surface area contributed by atoms with Gasteiger partial charge in [-0.1, -0.05) is 30.2 Å². The van der Waals surface area contributed by atoms with Gasteiger partial charge in [-0.15, -0.1) is 0 Å². The minimum atomic E-state index is -0.168. The van der Waals surface area contributed by atoms with E-state index in [-0.39, 0.29) is 5.56 Å². The first-order valence-electron chi connectivity index (χ1n) is 11.4. The summed E-state index contributed by atoms with van der Waals surface area (Å²) in [5.74, 6) is 1.44. The third-order valence-corrected chi connectivity index (χ3v) is 5.58. The minimum Gasteiger partial charge on any atom is -0.494 e. The monoisotopic (exact) mass is 424 g/mol. The number of aromatic amines is 1. The molecule has 0 radical (unpaired) electrons. The molecule has 1 fully saturated rings. The third kappa shape index (κ3) is 7.55. The lowest BCUT2D eigenvalue weighted by Gasteiger charge is -2.26. The quantitative estimate of drug-likeness (QED) is 0.435. The number of likely N-dealkylation sites (tertiary alicyclic amines) is 1. The summed E-state index contributed by atoms with van der Waals surface area (Å²) >= 11 is 0. The Bertz CT molecular complexity index is 925. The Hall–Kier alpha value is -2.60. The number of H-pyrrole nitrogens is 1. The van der Waals surface area contributed by atoms with E-state index in [2.05, 4.69) is 38.4 Å². The molecule has 2 aromatic rings. The number of aryl methyl sites for hydroxylation is 1. The van der Waals surface area contributed by atoms with Gasteiger partial charge >= 0.3 is 0 Å². The maximum Gasteiger partial charge on any atom is 0.278 e. The van der Waals surface area contributed by atoms with Crippen LogP contribution in [0, 0.1) is 6.92 Å². The number of nitrogens with zero attached hydrogens (tertiary/aromatic N) is 2. The summed E-state index contributed by atoms with van der Waals surface area (Å²) < 4.78 is 5.94. The summed E-state index contributed by atoms with van der Waals surface area (Å²) in [7, 11) is 0. The Morgan fingerprint density at radius 1 is 1.26 bits per heavy atom. The van der Waals surface area contributed by atoms with E-state index in [0.29, 0.717) is 25.5 Å². The van der Waals surface area contributed by atoms with Crippen molar-refractivity contribution < 1.29 is 4.74 Å². The summed E-state index contributed by atoms with van der Waals surface area (Å²) in [5.41, 5.74) is 3.92. The van der Waals surface area contributed by atoms with Crippen LogP contribution >= 0.6 is 0 Å². The molecule has 2 N–H and O–H groups in total. The fourth-order valence-electron chi connectivity index (χ4n) is 3.82. The molecule has 168 valence electrons. The molecule has 1 saturated heterocycles. The van der Waals surface area contributed by atoms with Crippen molar-refractivity contribution in [3.05, 3.63) is 63.1 Å². The van der Waals surface area contributed by atoms with Gasteiger partial charge in [0.05, 0.1) is 6.61 Å². The van der Waals surface area contributed by atoms with Crippen molar-refractivity contribution >= 4 is 5.95 Å². The van der Waals surface area contributed by atoms with E-state index in [0.717, 1.165) is 30.0 Å². The van der Waals surface area contributed by atoms with E-state index in [9.17, 15) is 4.79 Å². The van der Waals surface area contributed by atoms with Crippen LogP contribution in [0.1, 0.15) is 56.4 Å². The molecule has 6 nitrogen and oxygen atoms in total. The highest BCUT2D eigenvalue weighted by atomic mass is 16.5. The molecule has 1 aromatic carbocycles. The molecule has 31 heavy (non-hydrogen) atoms. The van der Waals surface area contributed by atoms with E-state index in [4.69, 9.17) is 4.74 Å². The van der Waals surface area contributed by atoms with Crippen molar-refractivity contribution in [2.24, 2.45) is 0 Å². The number of ether oxygens (including phenoxy) is 1. The molecule has 1 aliphatic heterocycles. The summed E-state index contributed by atoms with van der Waals surface area (Å²) in [5, 5.41) is 3.20. The van der Waals surface area contributed by atoms with E-state index in [1.165, 1.54) is 43.5 Å². The summed E-state index contributed by atoms with van der Waals surface area (Å²) in [6.45, 7) is 10.7. The van der Waals surface area contributed by atoms with Gasteiger partial charge in [0.1, 0.15) is 5.75 Å². The second-order valence-corrected chi connectivity index (χ2v) is 8.59. The number of benzene rings is 1. The van der Waals surface area contributed by atoms with Crippen LogP contribution in [0.25, 0.3) is 0 Å². The molecule has 1 aliphatic rings. The van der Waals surface area contributed by atoms with Gasteiger partial charge in [0.25, 0.3) is 5.56 Å². The van der Waals surface area contributed by atoms with Crippen molar-refractivity contribution in [3.63, 3.8) is 0 Å². The van der Waals surface area contributed by atoms with Crippen LogP contribution < -0.4 is 15.6 Å². The first kappa shape index (κ1) is 23.1. The Morgan fingerprint density at radius 3 is 2.81 bits per heavy atom. The van der Waals surface area contributed by atoms with Gasteiger partial charge < -0.3 is 15.0 Å². The van der Waals surface area contributed by atoms with Crippen molar-refractivity contribution in [1.82, 2.24) is 14.9 Å². The fraction of sp³-hybridized carbons (Fsp3) is 0.520. The maximum atomic E-state index is 12.3. The number of hydrogen-bond donors (Lipinski definition) is 2. The molecule has 0 spiro atoms.